The third kappa shape index (κ3) is 2.03. The van der Waals surface area contributed by atoms with E-state index in [9.17, 15) is 0 Å². The molecular formula is C15H17N3. The summed E-state index contributed by atoms with van der Waals surface area (Å²) < 4.78 is 0. The van der Waals surface area contributed by atoms with Gasteiger partial charge in [0.1, 0.15) is 0 Å². The number of hydrogen-bond acceptors (Lipinski definition) is 3. The maximum atomic E-state index is 5.71. The van der Waals surface area contributed by atoms with Gasteiger partial charge in [-0.25, -0.2) is 0 Å². The second-order valence-corrected chi connectivity index (χ2v) is 4.81. The number of fused-ring (bicyclic) bond motifs is 1. The van der Waals surface area contributed by atoms with E-state index in [1.54, 1.807) is 0 Å². The number of nitrogens with two attached hydrogens (primary N) is 1. The van der Waals surface area contributed by atoms with Crippen LogP contribution in [0.2, 0.25) is 0 Å². The number of rotatable bonds is 4. The molecule has 1 aliphatic carbocycles. The van der Waals surface area contributed by atoms with Crippen LogP contribution in [0.5, 0.6) is 0 Å². The number of nitrogens with one attached hydrogen (secondary N) is 1. The smallest absolute Gasteiger partial charge is 0.0419 e. The lowest BCUT2D eigenvalue weighted by molar-refractivity contribution is 0.401. The Kier molecular flexibility index (Phi) is 3.09. The van der Waals surface area contributed by atoms with Crippen molar-refractivity contribution in [1.82, 2.24) is 10.4 Å². The number of hydrazine groups is 1. The first-order valence-corrected chi connectivity index (χ1v) is 6.32. The van der Waals surface area contributed by atoms with Crippen molar-refractivity contribution in [1.29, 1.82) is 0 Å². The fourth-order valence-corrected chi connectivity index (χ4v) is 2.72. The van der Waals surface area contributed by atoms with Gasteiger partial charge in [-0.2, -0.15) is 0 Å². The average molecular weight is 239 g/mol. The fourth-order valence-electron chi connectivity index (χ4n) is 2.72. The lowest BCUT2D eigenvalue weighted by Crippen LogP contribution is -2.45. The van der Waals surface area contributed by atoms with Gasteiger partial charge in [0.25, 0.3) is 0 Å². The molecule has 3 N–H and O–H groups in total. The van der Waals surface area contributed by atoms with E-state index in [0.717, 1.165) is 18.5 Å². The van der Waals surface area contributed by atoms with E-state index in [4.69, 9.17) is 5.84 Å². The highest BCUT2D eigenvalue weighted by Crippen LogP contribution is 2.37. The van der Waals surface area contributed by atoms with Crippen LogP contribution < -0.4 is 11.3 Å². The lowest BCUT2D eigenvalue weighted by atomic mass is 9.72. The molecule has 0 aliphatic heterocycles. The van der Waals surface area contributed by atoms with Crippen LogP contribution in [-0.2, 0) is 12.8 Å². The van der Waals surface area contributed by atoms with E-state index in [0.29, 0.717) is 5.92 Å². The Morgan fingerprint density at radius 1 is 1.22 bits per heavy atom. The SMILES string of the molecule is NNC(Cc1ccccn1)C1Cc2ccccc21. The van der Waals surface area contributed by atoms with Crippen molar-refractivity contribution in [3.63, 3.8) is 0 Å². The van der Waals surface area contributed by atoms with Gasteiger partial charge >= 0.3 is 0 Å². The molecule has 2 atom stereocenters. The summed E-state index contributed by atoms with van der Waals surface area (Å²) in [4.78, 5) is 4.37. The molecule has 2 unspecified atom stereocenters. The van der Waals surface area contributed by atoms with Crippen molar-refractivity contribution < 1.29 is 0 Å². The van der Waals surface area contributed by atoms with E-state index in [1.165, 1.54) is 11.1 Å². The van der Waals surface area contributed by atoms with Crippen LogP contribution in [0.4, 0.5) is 0 Å². The number of hydrogen-bond donors (Lipinski definition) is 2. The van der Waals surface area contributed by atoms with Crippen LogP contribution in [0.3, 0.4) is 0 Å². The van der Waals surface area contributed by atoms with Gasteiger partial charge in [0.15, 0.2) is 0 Å². The molecule has 1 aliphatic rings. The first kappa shape index (κ1) is 11.4. The molecule has 0 radical (unpaired) electrons. The summed E-state index contributed by atoms with van der Waals surface area (Å²) in [7, 11) is 0. The van der Waals surface area contributed by atoms with Gasteiger partial charge < -0.3 is 0 Å². The van der Waals surface area contributed by atoms with E-state index in [2.05, 4.69) is 40.7 Å². The van der Waals surface area contributed by atoms with Crippen molar-refractivity contribution in [2.45, 2.75) is 24.8 Å². The zero-order chi connectivity index (χ0) is 12.4. The third-order valence-electron chi connectivity index (χ3n) is 3.75. The quantitative estimate of drug-likeness (QED) is 0.632. The van der Waals surface area contributed by atoms with Crippen LogP contribution in [-0.4, -0.2) is 11.0 Å². The average Bonchev–Trinajstić information content (AvgIpc) is 2.40. The molecule has 1 aromatic carbocycles. The second kappa shape index (κ2) is 4.88. The Hall–Kier alpha value is -1.71. The molecule has 0 spiro atoms. The molecule has 0 saturated heterocycles. The zero-order valence-electron chi connectivity index (χ0n) is 10.2. The molecule has 0 fully saturated rings. The Labute approximate surface area is 107 Å². The first-order valence-electron chi connectivity index (χ1n) is 6.32. The molecule has 1 aromatic heterocycles. The fraction of sp³-hybridized carbons (Fsp3) is 0.267. The Morgan fingerprint density at radius 3 is 2.78 bits per heavy atom. The lowest BCUT2D eigenvalue weighted by Gasteiger charge is -2.36. The van der Waals surface area contributed by atoms with Crippen molar-refractivity contribution in [2.24, 2.45) is 5.84 Å². The molecular weight excluding hydrogens is 222 g/mol. The molecule has 3 nitrogen and oxygen atoms in total. The predicted octanol–water partition coefficient (Wildman–Crippen LogP) is 1.80. The highest BCUT2D eigenvalue weighted by atomic mass is 15.2. The van der Waals surface area contributed by atoms with Gasteiger partial charge in [0.05, 0.1) is 0 Å². The molecule has 0 amide bonds. The molecule has 3 heteroatoms. The normalized spacial score (nSPS) is 18.8. The van der Waals surface area contributed by atoms with E-state index < -0.39 is 0 Å². The molecule has 3 rings (SSSR count). The van der Waals surface area contributed by atoms with Crippen LogP contribution in [0.25, 0.3) is 0 Å². The largest absolute Gasteiger partial charge is 0.271 e. The summed E-state index contributed by atoms with van der Waals surface area (Å²) in [6.45, 7) is 0. The Bertz CT molecular complexity index is 524. The van der Waals surface area contributed by atoms with Crippen molar-refractivity contribution >= 4 is 0 Å². The molecule has 18 heavy (non-hydrogen) atoms. The van der Waals surface area contributed by atoms with Crippen LogP contribution in [0.1, 0.15) is 22.7 Å². The summed E-state index contributed by atoms with van der Waals surface area (Å²) in [5.41, 5.74) is 6.92. The van der Waals surface area contributed by atoms with Gasteiger partial charge in [-0.05, 0) is 29.7 Å². The molecule has 0 saturated carbocycles. The number of aromatic nitrogens is 1. The van der Waals surface area contributed by atoms with Crippen molar-refractivity contribution in [3.05, 3.63) is 65.5 Å². The molecule has 92 valence electrons. The van der Waals surface area contributed by atoms with Gasteiger partial charge in [-0.1, -0.05) is 30.3 Å². The van der Waals surface area contributed by atoms with Gasteiger partial charge in [-0.15, -0.1) is 0 Å². The molecule has 2 aromatic rings. The van der Waals surface area contributed by atoms with Gasteiger partial charge in [0.2, 0.25) is 0 Å². The summed E-state index contributed by atoms with van der Waals surface area (Å²) in [5.74, 6) is 6.22. The maximum absolute atomic E-state index is 5.71. The zero-order valence-corrected chi connectivity index (χ0v) is 10.2. The number of nitrogens with zero attached hydrogens (tertiary/aromatic N) is 1. The molecule has 1 heterocycles. The minimum absolute atomic E-state index is 0.259. The Balaban J connectivity index is 1.75. The maximum Gasteiger partial charge on any atom is 0.0419 e. The topological polar surface area (TPSA) is 50.9 Å². The highest BCUT2D eigenvalue weighted by Gasteiger charge is 2.32. The second-order valence-electron chi connectivity index (χ2n) is 4.81. The van der Waals surface area contributed by atoms with Crippen LogP contribution in [0.15, 0.2) is 48.7 Å². The standard InChI is InChI=1S/C15H17N3/c16-18-15(10-12-6-3-4-8-17-12)14-9-11-5-1-2-7-13(11)14/h1-8,14-15,18H,9-10,16H2. The van der Waals surface area contributed by atoms with Crippen molar-refractivity contribution in [2.75, 3.05) is 0 Å². The first-order chi connectivity index (χ1) is 8.88. The summed E-state index contributed by atoms with van der Waals surface area (Å²) >= 11 is 0. The minimum atomic E-state index is 0.259. The van der Waals surface area contributed by atoms with Crippen LogP contribution >= 0.6 is 0 Å². The highest BCUT2D eigenvalue weighted by molar-refractivity contribution is 5.41. The van der Waals surface area contributed by atoms with Gasteiger partial charge in [0, 0.05) is 30.3 Å². The van der Waals surface area contributed by atoms with E-state index >= 15 is 0 Å². The summed E-state index contributed by atoms with van der Waals surface area (Å²) in [5, 5.41) is 0. The number of benzene rings is 1. The van der Waals surface area contributed by atoms with Crippen molar-refractivity contribution in [3.8, 4) is 0 Å². The van der Waals surface area contributed by atoms with Gasteiger partial charge in [-0.3, -0.25) is 16.3 Å². The van der Waals surface area contributed by atoms with E-state index in [-0.39, 0.29) is 6.04 Å². The van der Waals surface area contributed by atoms with E-state index in [1.807, 2.05) is 18.3 Å². The monoisotopic (exact) mass is 239 g/mol. The minimum Gasteiger partial charge on any atom is -0.271 e. The summed E-state index contributed by atoms with van der Waals surface area (Å²) in [6, 6.07) is 14.9. The van der Waals surface area contributed by atoms with Crippen LogP contribution in [0, 0.1) is 0 Å². The number of pyridine rings is 1. The summed E-state index contributed by atoms with van der Waals surface area (Å²) in [6.07, 6.45) is 3.81. The predicted molar refractivity (Wildman–Crippen MR) is 71.9 cm³/mol. The Morgan fingerprint density at radius 2 is 2.06 bits per heavy atom. The third-order valence-corrected chi connectivity index (χ3v) is 3.75. The molecule has 0 bridgehead atoms.